The molecule has 2 aromatic carbocycles. The standard InChI is InChI=1S/C27H34FN5O2/c1-19-8-6-9-20(2)25(19)27(30-17-21(18-31-27)26(29)34)32-22-10-11-24(23(28)16-22)35-15-7-14-33-12-4-3-5-13-33/h6,8-11,16-18,30,32H,3-5,7,12-15H2,1-2H3,(H2,29,34). The van der Waals surface area contributed by atoms with Crippen LogP contribution in [0.25, 0.3) is 0 Å². The zero-order valence-corrected chi connectivity index (χ0v) is 20.4. The molecule has 1 unspecified atom stereocenters. The number of primary amides is 1. The monoisotopic (exact) mass is 479 g/mol. The van der Waals surface area contributed by atoms with E-state index in [0.29, 0.717) is 12.3 Å². The zero-order valence-electron chi connectivity index (χ0n) is 20.4. The number of likely N-dealkylation sites (tertiary alicyclic amines) is 1. The molecule has 1 atom stereocenters. The fourth-order valence-electron chi connectivity index (χ4n) is 4.77. The third-order valence-corrected chi connectivity index (χ3v) is 6.54. The molecule has 0 bridgehead atoms. The van der Waals surface area contributed by atoms with Gasteiger partial charge in [-0.2, -0.15) is 0 Å². The van der Waals surface area contributed by atoms with Crippen molar-refractivity contribution in [2.45, 2.75) is 45.3 Å². The summed E-state index contributed by atoms with van der Waals surface area (Å²) in [6.45, 7) is 7.70. The number of aliphatic imine (C=N–C) groups is 1. The van der Waals surface area contributed by atoms with Gasteiger partial charge in [0, 0.05) is 36.3 Å². The molecule has 4 rings (SSSR count). The highest BCUT2D eigenvalue weighted by atomic mass is 19.1. The maximum Gasteiger partial charge on any atom is 0.251 e. The van der Waals surface area contributed by atoms with Crippen LogP contribution in [-0.4, -0.2) is 43.3 Å². The van der Waals surface area contributed by atoms with Crippen LogP contribution in [0.4, 0.5) is 10.1 Å². The smallest absolute Gasteiger partial charge is 0.251 e. The van der Waals surface area contributed by atoms with Crippen LogP contribution in [-0.2, 0) is 10.6 Å². The molecule has 2 heterocycles. The van der Waals surface area contributed by atoms with E-state index in [1.165, 1.54) is 37.7 Å². The number of nitrogens with two attached hydrogens (primary N) is 1. The first kappa shape index (κ1) is 24.7. The molecule has 2 aliphatic rings. The summed E-state index contributed by atoms with van der Waals surface area (Å²) in [5, 5.41) is 6.51. The number of nitrogens with one attached hydrogen (secondary N) is 2. The van der Waals surface area contributed by atoms with Crippen LogP contribution in [0, 0.1) is 19.7 Å². The Balaban J connectivity index is 1.48. The van der Waals surface area contributed by atoms with Gasteiger partial charge in [0.25, 0.3) is 5.91 Å². The molecule has 7 nitrogen and oxygen atoms in total. The van der Waals surface area contributed by atoms with Crippen molar-refractivity contribution in [2.75, 3.05) is 31.6 Å². The van der Waals surface area contributed by atoms with E-state index in [-0.39, 0.29) is 11.3 Å². The largest absolute Gasteiger partial charge is 0.490 e. The van der Waals surface area contributed by atoms with Crippen LogP contribution >= 0.6 is 0 Å². The lowest BCUT2D eigenvalue weighted by Gasteiger charge is -2.37. The molecule has 2 aliphatic heterocycles. The SMILES string of the molecule is Cc1cccc(C)c1C1(Nc2ccc(OCCCN3CCCCC3)c(F)c2)N=CC(C(N)=O)=CN1. The Labute approximate surface area is 206 Å². The number of ether oxygens (including phenoxy) is 1. The number of rotatable bonds is 9. The molecule has 0 radical (unpaired) electrons. The normalized spacial score (nSPS) is 20.1. The molecule has 0 aliphatic carbocycles. The van der Waals surface area contributed by atoms with E-state index >= 15 is 0 Å². The number of nitrogens with zero attached hydrogens (tertiary/aromatic N) is 2. The number of carbonyl (C=O) groups excluding carboxylic acids is 1. The minimum absolute atomic E-state index is 0.228. The van der Waals surface area contributed by atoms with Gasteiger partial charge in [-0.25, -0.2) is 9.38 Å². The van der Waals surface area contributed by atoms with Crippen LogP contribution in [0.3, 0.4) is 0 Å². The molecule has 0 spiro atoms. The third-order valence-electron chi connectivity index (χ3n) is 6.54. The first-order valence-electron chi connectivity index (χ1n) is 12.2. The predicted octanol–water partition coefficient (Wildman–Crippen LogP) is 3.96. The summed E-state index contributed by atoms with van der Waals surface area (Å²) >= 11 is 0. The van der Waals surface area contributed by atoms with Gasteiger partial charge in [0.15, 0.2) is 11.6 Å². The van der Waals surface area contributed by atoms with Gasteiger partial charge in [0.1, 0.15) is 0 Å². The van der Waals surface area contributed by atoms with Crippen molar-refractivity contribution in [3.8, 4) is 5.75 Å². The van der Waals surface area contributed by atoms with Crippen LogP contribution in [0.2, 0.25) is 0 Å². The summed E-state index contributed by atoms with van der Waals surface area (Å²) in [5.74, 6) is -1.93. The van der Waals surface area contributed by atoms with Gasteiger partial charge in [-0.15, -0.1) is 0 Å². The van der Waals surface area contributed by atoms with Crippen molar-refractivity contribution in [1.29, 1.82) is 0 Å². The maximum atomic E-state index is 14.9. The van der Waals surface area contributed by atoms with E-state index in [9.17, 15) is 9.18 Å². The lowest BCUT2D eigenvalue weighted by atomic mass is 9.95. The second-order valence-corrected chi connectivity index (χ2v) is 9.22. The predicted molar refractivity (Wildman–Crippen MR) is 137 cm³/mol. The lowest BCUT2D eigenvalue weighted by Crippen LogP contribution is -2.48. The molecule has 2 aromatic rings. The van der Waals surface area contributed by atoms with Gasteiger partial charge >= 0.3 is 0 Å². The molecule has 35 heavy (non-hydrogen) atoms. The van der Waals surface area contributed by atoms with Crippen LogP contribution in [0.5, 0.6) is 5.75 Å². The van der Waals surface area contributed by atoms with Crippen molar-refractivity contribution in [3.63, 3.8) is 0 Å². The van der Waals surface area contributed by atoms with Crippen molar-refractivity contribution >= 4 is 17.8 Å². The molecular weight excluding hydrogens is 445 g/mol. The Morgan fingerprint density at radius 3 is 2.57 bits per heavy atom. The summed E-state index contributed by atoms with van der Waals surface area (Å²) < 4.78 is 20.7. The number of amides is 1. The highest BCUT2D eigenvalue weighted by Gasteiger charge is 2.35. The highest BCUT2D eigenvalue weighted by Crippen LogP contribution is 2.33. The average molecular weight is 480 g/mol. The number of anilines is 1. The fraction of sp³-hybridized carbons (Fsp3) is 0.407. The van der Waals surface area contributed by atoms with E-state index in [2.05, 4.69) is 20.5 Å². The van der Waals surface area contributed by atoms with Crippen molar-refractivity contribution < 1.29 is 13.9 Å². The van der Waals surface area contributed by atoms with Gasteiger partial charge in [-0.1, -0.05) is 24.6 Å². The van der Waals surface area contributed by atoms with Crippen LogP contribution < -0.4 is 21.1 Å². The lowest BCUT2D eigenvalue weighted by molar-refractivity contribution is -0.114. The number of aryl methyl sites for hydroxylation is 2. The van der Waals surface area contributed by atoms with Crippen molar-refractivity contribution in [3.05, 3.63) is 70.7 Å². The number of halogens is 1. The van der Waals surface area contributed by atoms with E-state index in [0.717, 1.165) is 42.7 Å². The van der Waals surface area contributed by atoms with Crippen molar-refractivity contribution in [1.82, 2.24) is 10.2 Å². The van der Waals surface area contributed by atoms with E-state index < -0.39 is 17.5 Å². The first-order valence-corrected chi connectivity index (χ1v) is 12.2. The van der Waals surface area contributed by atoms with E-state index in [4.69, 9.17) is 10.5 Å². The molecule has 8 heteroatoms. The second kappa shape index (κ2) is 10.9. The third kappa shape index (κ3) is 5.82. The maximum absolute atomic E-state index is 14.9. The Morgan fingerprint density at radius 2 is 1.94 bits per heavy atom. The number of hydrogen-bond acceptors (Lipinski definition) is 6. The summed E-state index contributed by atoms with van der Waals surface area (Å²) in [6, 6.07) is 10.7. The highest BCUT2D eigenvalue weighted by molar-refractivity contribution is 6.11. The minimum atomic E-state index is -1.13. The van der Waals surface area contributed by atoms with Gasteiger partial charge in [0.2, 0.25) is 5.79 Å². The van der Waals surface area contributed by atoms with Crippen molar-refractivity contribution in [2.24, 2.45) is 10.7 Å². The summed E-state index contributed by atoms with van der Waals surface area (Å²) in [7, 11) is 0. The first-order chi connectivity index (χ1) is 16.9. The number of hydrogen-bond donors (Lipinski definition) is 3. The molecule has 4 N–H and O–H groups in total. The molecule has 0 aromatic heterocycles. The molecule has 1 amide bonds. The van der Waals surface area contributed by atoms with Crippen LogP contribution in [0.1, 0.15) is 42.4 Å². The minimum Gasteiger partial charge on any atom is -0.490 e. The average Bonchev–Trinajstić information content (AvgIpc) is 2.84. The van der Waals surface area contributed by atoms with Gasteiger partial charge in [-0.3, -0.25) is 4.79 Å². The van der Waals surface area contributed by atoms with Crippen LogP contribution in [0.15, 0.2) is 53.2 Å². The molecular formula is C27H34FN5O2. The number of piperidine rings is 1. The summed E-state index contributed by atoms with van der Waals surface area (Å²) in [4.78, 5) is 18.7. The Kier molecular flexibility index (Phi) is 7.70. The summed E-state index contributed by atoms with van der Waals surface area (Å²) in [6.07, 6.45) is 7.66. The summed E-state index contributed by atoms with van der Waals surface area (Å²) in [5.41, 5.74) is 9.06. The zero-order chi connectivity index (χ0) is 24.8. The molecule has 1 saturated heterocycles. The van der Waals surface area contributed by atoms with Gasteiger partial charge < -0.3 is 26.0 Å². The Morgan fingerprint density at radius 1 is 1.20 bits per heavy atom. The van der Waals surface area contributed by atoms with E-state index in [1.807, 2.05) is 32.0 Å². The van der Waals surface area contributed by atoms with Gasteiger partial charge in [0.05, 0.1) is 12.2 Å². The molecule has 186 valence electrons. The Bertz CT molecular complexity index is 1110. The number of carbonyl (C=O) groups is 1. The molecule has 0 saturated carbocycles. The van der Waals surface area contributed by atoms with Gasteiger partial charge in [-0.05, 0) is 69.5 Å². The Hall–Kier alpha value is -3.39. The topological polar surface area (TPSA) is 92.0 Å². The number of benzene rings is 2. The molecule has 1 fully saturated rings. The quantitative estimate of drug-likeness (QED) is 0.474. The second-order valence-electron chi connectivity index (χ2n) is 9.22. The van der Waals surface area contributed by atoms with E-state index in [1.54, 1.807) is 12.1 Å². The fourth-order valence-corrected chi connectivity index (χ4v) is 4.77.